The Balaban J connectivity index is 2.01. The highest BCUT2D eigenvalue weighted by molar-refractivity contribution is 7.12. The third-order valence-corrected chi connectivity index (χ3v) is 3.91. The van der Waals surface area contributed by atoms with E-state index in [2.05, 4.69) is 0 Å². The number of carbonyl (C=O) groups is 1. The van der Waals surface area contributed by atoms with Crippen molar-refractivity contribution in [1.29, 1.82) is 0 Å². The molecule has 1 aromatic rings. The van der Waals surface area contributed by atoms with Gasteiger partial charge >= 0.3 is 0 Å². The third-order valence-electron chi connectivity index (χ3n) is 2.94. The lowest BCUT2D eigenvalue weighted by Gasteiger charge is -2.26. The zero-order valence-electron chi connectivity index (χ0n) is 9.45. The summed E-state index contributed by atoms with van der Waals surface area (Å²) in [5.41, 5.74) is 6.69. The summed E-state index contributed by atoms with van der Waals surface area (Å²) in [6, 6.07) is 1.99. The van der Waals surface area contributed by atoms with Crippen LogP contribution in [-0.4, -0.2) is 30.4 Å². The average Bonchev–Trinajstić information content (AvgIpc) is 2.78. The number of hydrogen-bond acceptors (Lipinski definition) is 3. The summed E-state index contributed by atoms with van der Waals surface area (Å²) in [4.78, 5) is 15.0. The quantitative estimate of drug-likeness (QED) is 0.874. The fraction of sp³-hybridized carbons (Fsp3) is 0.583. The molecule has 1 aliphatic rings. The Morgan fingerprint density at radius 1 is 1.38 bits per heavy atom. The number of nitrogens with two attached hydrogens (primary N) is 1. The maximum atomic E-state index is 12.1. The van der Waals surface area contributed by atoms with E-state index in [1.807, 2.05) is 16.3 Å². The molecule has 1 amide bonds. The van der Waals surface area contributed by atoms with Crippen LogP contribution in [0, 0.1) is 0 Å². The normalized spacial score (nSPS) is 16.4. The SMILES string of the molecule is NCCc1csc(C(=O)N2CCCCC2)c1. The van der Waals surface area contributed by atoms with Gasteiger partial charge in [0.15, 0.2) is 0 Å². The summed E-state index contributed by atoms with van der Waals surface area (Å²) in [5, 5.41) is 2.05. The number of amides is 1. The highest BCUT2D eigenvalue weighted by atomic mass is 32.1. The van der Waals surface area contributed by atoms with E-state index in [1.54, 1.807) is 11.3 Å². The van der Waals surface area contributed by atoms with E-state index in [-0.39, 0.29) is 5.91 Å². The predicted octanol–water partition coefficient (Wildman–Crippen LogP) is 1.88. The van der Waals surface area contributed by atoms with Crippen LogP contribution in [0.4, 0.5) is 0 Å². The first-order chi connectivity index (χ1) is 7.81. The van der Waals surface area contributed by atoms with Crippen molar-refractivity contribution in [3.63, 3.8) is 0 Å². The standard InChI is InChI=1S/C12H18N2OS/c13-5-4-10-8-11(16-9-10)12(15)14-6-2-1-3-7-14/h8-9H,1-7,13H2. The van der Waals surface area contributed by atoms with Crippen LogP contribution in [-0.2, 0) is 6.42 Å². The van der Waals surface area contributed by atoms with Gasteiger partial charge in [-0.3, -0.25) is 4.79 Å². The summed E-state index contributed by atoms with van der Waals surface area (Å²) < 4.78 is 0. The topological polar surface area (TPSA) is 46.3 Å². The van der Waals surface area contributed by atoms with E-state index in [4.69, 9.17) is 5.73 Å². The van der Waals surface area contributed by atoms with Gasteiger partial charge in [0.05, 0.1) is 4.88 Å². The smallest absolute Gasteiger partial charge is 0.263 e. The van der Waals surface area contributed by atoms with Gasteiger partial charge in [0.1, 0.15) is 0 Å². The molecule has 3 nitrogen and oxygen atoms in total. The van der Waals surface area contributed by atoms with Crippen LogP contribution >= 0.6 is 11.3 Å². The molecule has 0 bridgehead atoms. The van der Waals surface area contributed by atoms with Crippen LogP contribution in [0.15, 0.2) is 11.4 Å². The van der Waals surface area contributed by atoms with E-state index in [0.717, 1.165) is 37.2 Å². The molecule has 4 heteroatoms. The minimum Gasteiger partial charge on any atom is -0.338 e. The van der Waals surface area contributed by atoms with E-state index < -0.39 is 0 Å². The lowest BCUT2D eigenvalue weighted by molar-refractivity contribution is 0.0729. The van der Waals surface area contributed by atoms with Crippen LogP contribution < -0.4 is 5.73 Å². The molecule has 1 aliphatic heterocycles. The van der Waals surface area contributed by atoms with Crippen LogP contribution in [0.1, 0.15) is 34.5 Å². The Labute approximate surface area is 100 Å². The summed E-state index contributed by atoms with van der Waals surface area (Å²) in [6.45, 7) is 2.49. The minimum absolute atomic E-state index is 0.202. The van der Waals surface area contributed by atoms with Gasteiger partial charge in [0.25, 0.3) is 5.91 Å². The molecule has 1 aromatic heterocycles. The predicted molar refractivity (Wildman–Crippen MR) is 66.8 cm³/mol. The first-order valence-electron chi connectivity index (χ1n) is 5.88. The zero-order valence-corrected chi connectivity index (χ0v) is 10.3. The van der Waals surface area contributed by atoms with Gasteiger partial charge in [-0.1, -0.05) is 0 Å². The first-order valence-corrected chi connectivity index (χ1v) is 6.76. The molecule has 2 N–H and O–H groups in total. The fourth-order valence-electron chi connectivity index (χ4n) is 2.04. The molecule has 0 atom stereocenters. The molecule has 2 heterocycles. The Morgan fingerprint density at radius 2 is 2.12 bits per heavy atom. The number of likely N-dealkylation sites (tertiary alicyclic amines) is 1. The largest absolute Gasteiger partial charge is 0.338 e. The maximum Gasteiger partial charge on any atom is 0.263 e. The number of nitrogens with zero attached hydrogens (tertiary/aromatic N) is 1. The molecule has 88 valence electrons. The van der Waals surface area contributed by atoms with Crippen molar-refractivity contribution in [2.75, 3.05) is 19.6 Å². The van der Waals surface area contributed by atoms with Gasteiger partial charge in [-0.25, -0.2) is 0 Å². The fourth-order valence-corrected chi connectivity index (χ4v) is 2.95. The highest BCUT2D eigenvalue weighted by Gasteiger charge is 2.19. The molecule has 0 spiro atoms. The second kappa shape index (κ2) is 5.46. The van der Waals surface area contributed by atoms with Crippen molar-refractivity contribution in [2.45, 2.75) is 25.7 Å². The van der Waals surface area contributed by atoms with Gasteiger partial charge in [-0.05, 0) is 49.2 Å². The second-order valence-corrected chi connectivity index (χ2v) is 5.12. The Morgan fingerprint density at radius 3 is 2.81 bits per heavy atom. The maximum absolute atomic E-state index is 12.1. The number of thiophene rings is 1. The lowest BCUT2D eigenvalue weighted by atomic mass is 10.1. The van der Waals surface area contributed by atoms with Crippen LogP contribution in [0.25, 0.3) is 0 Å². The van der Waals surface area contributed by atoms with Crippen LogP contribution in [0.3, 0.4) is 0 Å². The van der Waals surface area contributed by atoms with Crippen molar-refractivity contribution in [2.24, 2.45) is 5.73 Å². The Hall–Kier alpha value is -0.870. The van der Waals surface area contributed by atoms with E-state index in [0.29, 0.717) is 6.54 Å². The zero-order chi connectivity index (χ0) is 11.4. The Bertz CT molecular complexity index is 356. The van der Waals surface area contributed by atoms with Crippen LogP contribution in [0.2, 0.25) is 0 Å². The summed E-state index contributed by atoms with van der Waals surface area (Å²) in [6.07, 6.45) is 4.41. The molecule has 0 radical (unpaired) electrons. The summed E-state index contributed by atoms with van der Waals surface area (Å²) >= 11 is 1.54. The number of carbonyl (C=O) groups excluding carboxylic acids is 1. The van der Waals surface area contributed by atoms with E-state index in [9.17, 15) is 4.79 Å². The molecular formula is C12H18N2OS. The molecule has 16 heavy (non-hydrogen) atoms. The number of piperidine rings is 1. The number of hydrogen-bond donors (Lipinski definition) is 1. The third kappa shape index (κ3) is 2.62. The highest BCUT2D eigenvalue weighted by Crippen LogP contribution is 2.19. The number of rotatable bonds is 3. The monoisotopic (exact) mass is 238 g/mol. The van der Waals surface area contributed by atoms with Crippen molar-refractivity contribution >= 4 is 17.2 Å². The van der Waals surface area contributed by atoms with Gasteiger partial charge in [0.2, 0.25) is 0 Å². The molecule has 2 rings (SSSR count). The first kappa shape index (κ1) is 11.6. The average molecular weight is 238 g/mol. The second-order valence-electron chi connectivity index (χ2n) is 4.21. The molecule has 1 fully saturated rings. The Kier molecular flexibility index (Phi) is 3.96. The minimum atomic E-state index is 0.202. The van der Waals surface area contributed by atoms with Gasteiger partial charge in [0, 0.05) is 13.1 Å². The van der Waals surface area contributed by atoms with Crippen molar-refractivity contribution in [3.8, 4) is 0 Å². The van der Waals surface area contributed by atoms with E-state index >= 15 is 0 Å². The van der Waals surface area contributed by atoms with Crippen LogP contribution in [0.5, 0.6) is 0 Å². The summed E-state index contributed by atoms with van der Waals surface area (Å²) in [5.74, 6) is 0.202. The van der Waals surface area contributed by atoms with Crippen molar-refractivity contribution in [1.82, 2.24) is 4.90 Å². The molecule has 0 aliphatic carbocycles. The molecular weight excluding hydrogens is 220 g/mol. The summed E-state index contributed by atoms with van der Waals surface area (Å²) in [7, 11) is 0. The molecule has 0 saturated carbocycles. The van der Waals surface area contributed by atoms with Gasteiger partial charge in [-0.15, -0.1) is 11.3 Å². The molecule has 1 saturated heterocycles. The van der Waals surface area contributed by atoms with E-state index in [1.165, 1.54) is 12.0 Å². The van der Waals surface area contributed by atoms with Crippen molar-refractivity contribution in [3.05, 3.63) is 21.9 Å². The molecule has 0 unspecified atom stereocenters. The molecule has 0 aromatic carbocycles. The van der Waals surface area contributed by atoms with Crippen molar-refractivity contribution < 1.29 is 4.79 Å². The van der Waals surface area contributed by atoms with Gasteiger partial charge in [-0.2, -0.15) is 0 Å². The lowest BCUT2D eigenvalue weighted by Crippen LogP contribution is -2.35. The van der Waals surface area contributed by atoms with Gasteiger partial charge < -0.3 is 10.6 Å².